The van der Waals surface area contributed by atoms with Gasteiger partial charge in [-0.25, -0.2) is 13.1 Å². The Bertz CT molecular complexity index is 359. The van der Waals surface area contributed by atoms with Crippen LogP contribution in [-0.4, -0.2) is 32.3 Å². The van der Waals surface area contributed by atoms with Crippen LogP contribution in [-0.2, 0) is 10.0 Å². The first-order valence-electron chi connectivity index (χ1n) is 5.86. The number of rotatable bonds is 6. The molecule has 108 valence electrons. The lowest BCUT2D eigenvalue weighted by atomic mass is 10.1. The minimum Gasteiger partial charge on any atom is -0.212 e. The van der Waals surface area contributed by atoms with Crippen LogP contribution in [0.15, 0.2) is 0 Å². The molecule has 0 radical (unpaired) electrons. The summed E-state index contributed by atoms with van der Waals surface area (Å²) in [5.74, 6) is -0.0302. The fraction of sp³-hybridized carbons (Fsp3) is 1.00. The summed E-state index contributed by atoms with van der Waals surface area (Å²) in [6.07, 6.45) is -3.32. The summed E-state index contributed by atoms with van der Waals surface area (Å²) in [6.45, 7) is 0. The van der Waals surface area contributed by atoms with Gasteiger partial charge in [-0.05, 0) is 25.2 Å². The van der Waals surface area contributed by atoms with Crippen LogP contribution in [0.3, 0.4) is 0 Å². The van der Waals surface area contributed by atoms with E-state index >= 15 is 0 Å². The van der Waals surface area contributed by atoms with Crippen molar-refractivity contribution in [2.75, 3.05) is 11.6 Å². The van der Waals surface area contributed by atoms with Crippen molar-refractivity contribution in [2.45, 2.75) is 44.3 Å². The summed E-state index contributed by atoms with van der Waals surface area (Å²) in [5, 5.41) is 0. The summed E-state index contributed by atoms with van der Waals surface area (Å²) < 4.78 is 61.4. The molecule has 0 aromatic rings. The van der Waals surface area contributed by atoms with E-state index in [1.807, 2.05) is 0 Å². The van der Waals surface area contributed by atoms with Crippen LogP contribution in [0.1, 0.15) is 32.1 Å². The van der Waals surface area contributed by atoms with Gasteiger partial charge >= 0.3 is 6.18 Å². The molecule has 1 fully saturated rings. The molecular weight excluding hydrogens is 291 g/mol. The van der Waals surface area contributed by atoms with Crippen molar-refractivity contribution in [1.29, 1.82) is 0 Å². The average Bonchev–Trinajstić information content (AvgIpc) is 2.61. The van der Waals surface area contributed by atoms with Crippen molar-refractivity contribution in [1.82, 2.24) is 4.72 Å². The van der Waals surface area contributed by atoms with E-state index in [0.717, 1.165) is 12.8 Å². The Kier molecular flexibility index (Phi) is 5.73. The maximum absolute atomic E-state index is 11.9. The molecule has 2 unspecified atom stereocenters. The van der Waals surface area contributed by atoms with Crippen molar-refractivity contribution >= 4 is 21.6 Å². The van der Waals surface area contributed by atoms with Crippen LogP contribution in [0.4, 0.5) is 13.2 Å². The molecule has 1 N–H and O–H groups in total. The molecular formula is C10H17ClF3NO2S. The zero-order valence-electron chi connectivity index (χ0n) is 9.84. The second-order valence-electron chi connectivity index (χ2n) is 4.61. The molecule has 0 aromatic carbocycles. The van der Waals surface area contributed by atoms with Gasteiger partial charge in [0.15, 0.2) is 0 Å². The SMILES string of the molecule is O=S(=O)(CCCC(F)(F)F)NC1CCCC1CCl. The Labute approximate surface area is 110 Å². The van der Waals surface area contributed by atoms with Gasteiger partial charge in [-0.1, -0.05) is 6.42 Å². The summed E-state index contributed by atoms with van der Waals surface area (Å²) >= 11 is 5.71. The predicted octanol–water partition coefficient (Wildman–Crippen LogP) is 2.66. The van der Waals surface area contributed by atoms with Crippen molar-refractivity contribution in [2.24, 2.45) is 5.92 Å². The van der Waals surface area contributed by atoms with Gasteiger partial charge in [0.05, 0.1) is 5.75 Å². The number of hydrogen-bond donors (Lipinski definition) is 1. The first-order chi connectivity index (χ1) is 8.23. The molecule has 0 heterocycles. The van der Waals surface area contributed by atoms with E-state index < -0.39 is 34.8 Å². The third-order valence-electron chi connectivity index (χ3n) is 3.06. The highest BCUT2D eigenvalue weighted by molar-refractivity contribution is 7.89. The molecule has 0 aliphatic heterocycles. The maximum atomic E-state index is 11.9. The molecule has 1 aliphatic rings. The van der Waals surface area contributed by atoms with Crippen molar-refractivity contribution < 1.29 is 21.6 Å². The minimum atomic E-state index is -4.30. The summed E-state index contributed by atoms with van der Waals surface area (Å²) in [5.41, 5.74) is 0. The summed E-state index contributed by atoms with van der Waals surface area (Å²) in [6, 6.07) is -0.224. The largest absolute Gasteiger partial charge is 0.389 e. The number of nitrogens with one attached hydrogen (secondary N) is 1. The Hall–Kier alpha value is -0.0100. The monoisotopic (exact) mass is 307 g/mol. The number of alkyl halides is 4. The van der Waals surface area contributed by atoms with Crippen molar-refractivity contribution in [3.05, 3.63) is 0 Å². The quantitative estimate of drug-likeness (QED) is 0.767. The number of sulfonamides is 1. The second kappa shape index (κ2) is 6.43. The third kappa shape index (κ3) is 5.75. The van der Waals surface area contributed by atoms with Crippen LogP contribution in [0.5, 0.6) is 0 Å². The molecule has 0 amide bonds. The third-order valence-corrected chi connectivity index (χ3v) is 4.95. The molecule has 0 bridgehead atoms. The fourth-order valence-electron chi connectivity index (χ4n) is 2.13. The Morgan fingerprint density at radius 1 is 1.28 bits per heavy atom. The smallest absolute Gasteiger partial charge is 0.212 e. The van der Waals surface area contributed by atoms with Gasteiger partial charge in [0.2, 0.25) is 10.0 Å². The highest BCUT2D eigenvalue weighted by Crippen LogP contribution is 2.27. The second-order valence-corrected chi connectivity index (χ2v) is 6.79. The Morgan fingerprint density at radius 2 is 1.94 bits per heavy atom. The Balaban J connectivity index is 2.40. The van der Waals surface area contributed by atoms with Crippen LogP contribution < -0.4 is 4.72 Å². The first kappa shape index (κ1) is 16.0. The van der Waals surface area contributed by atoms with Crippen LogP contribution in [0.2, 0.25) is 0 Å². The zero-order valence-corrected chi connectivity index (χ0v) is 11.4. The molecule has 3 nitrogen and oxygen atoms in total. The number of halogens is 4. The van der Waals surface area contributed by atoms with Crippen molar-refractivity contribution in [3.8, 4) is 0 Å². The lowest BCUT2D eigenvalue weighted by Gasteiger charge is -2.18. The minimum absolute atomic E-state index is 0.0871. The maximum Gasteiger partial charge on any atom is 0.389 e. The lowest BCUT2D eigenvalue weighted by molar-refractivity contribution is -0.134. The van der Waals surface area contributed by atoms with Gasteiger partial charge in [-0.15, -0.1) is 11.6 Å². The fourth-order valence-corrected chi connectivity index (χ4v) is 3.91. The van der Waals surface area contributed by atoms with E-state index in [2.05, 4.69) is 4.72 Å². The zero-order chi connectivity index (χ0) is 13.8. The molecule has 1 rings (SSSR count). The predicted molar refractivity (Wildman–Crippen MR) is 64.1 cm³/mol. The van der Waals surface area contributed by atoms with Gasteiger partial charge in [-0.2, -0.15) is 13.2 Å². The van der Waals surface area contributed by atoms with Gasteiger partial charge in [0.25, 0.3) is 0 Å². The highest BCUT2D eigenvalue weighted by atomic mass is 35.5. The van der Waals surface area contributed by atoms with Crippen LogP contribution in [0, 0.1) is 5.92 Å². The molecule has 18 heavy (non-hydrogen) atoms. The lowest BCUT2D eigenvalue weighted by Crippen LogP contribution is -2.39. The highest BCUT2D eigenvalue weighted by Gasteiger charge is 2.31. The topological polar surface area (TPSA) is 46.2 Å². The summed E-state index contributed by atoms with van der Waals surface area (Å²) in [7, 11) is -3.64. The standard InChI is InChI=1S/C10H17ClF3NO2S/c11-7-8-3-1-4-9(8)15-18(16,17)6-2-5-10(12,13)14/h8-9,15H,1-7H2. The van der Waals surface area contributed by atoms with Crippen LogP contribution >= 0.6 is 11.6 Å². The van der Waals surface area contributed by atoms with Crippen molar-refractivity contribution in [3.63, 3.8) is 0 Å². The molecule has 0 spiro atoms. The van der Waals surface area contributed by atoms with Gasteiger partial charge in [0, 0.05) is 18.3 Å². The van der Waals surface area contributed by atoms with E-state index in [4.69, 9.17) is 11.6 Å². The van der Waals surface area contributed by atoms with Gasteiger partial charge < -0.3 is 0 Å². The average molecular weight is 308 g/mol. The van der Waals surface area contributed by atoms with Gasteiger partial charge in [0.1, 0.15) is 0 Å². The van der Waals surface area contributed by atoms with E-state index in [0.29, 0.717) is 12.3 Å². The van der Waals surface area contributed by atoms with E-state index in [1.54, 1.807) is 0 Å². The van der Waals surface area contributed by atoms with E-state index in [-0.39, 0.29) is 12.0 Å². The normalized spacial score (nSPS) is 25.6. The Morgan fingerprint density at radius 3 is 2.50 bits per heavy atom. The molecule has 1 saturated carbocycles. The van der Waals surface area contributed by atoms with E-state index in [1.165, 1.54) is 0 Å². The molecule has 0 aromatic heterocycles. The number of hydrogen-bond acceptors (Lipinski definition) is 2. The molecule has 8 heteroatoms. The van der Waals surface area contributed by atoms with Gasteiger partial charge in [-0.3, -0.25) is 0 Å². The first-order valence-corrected chi connectivity index (χ1v) is 8.05. The molecule has 1 aliphatic carbocycles. The summed E-state index contributed by atoms with van der Waals surface area (Å²) in [4.78, 5) is 0. The van der Waals surface area contributed by atoms with E-state index in [9.17, 15) is 21.6 Å². The molecule has 2 atom stereocenters. The van der Waals surface area contributed by atoms with Crippen LogP contribution in [0.25, 0.3) is 0 Å². The molecule has 0 saturated heterocycles.